The van der Waals surface area contributed by atoms with Crippen molar-refractivity contribution in [3.8, 4) is 5.69 Å². The van der Waals surface area contributed by atoms with Crippen LogP contribution >= 0.6 is 0 Å². The van der Waals surface area contributed by atoms with E-state index < -0.39 is 29.1 Å². The molecule has 1 aromatic carbocycles. The van der Waals surface area contributed by atoms with Gasteiger partial charge in [-0.1, -0.05) is 30.7 Å². The fourth-order valence-electron chi connectivity index (χ4n) is 2.62. The number of hydrogen-bond acceptors (Lipinski definition) is 6. The summed E-state index contributed by atoms with van der Waals surface area (Å²) in [7, 11) is 0. The molecule has 2 aromatic heterocycles. The molecule has 2 N–H and O–H groups in total. The Morgan fingerprint density at radius 3 is 2.42 bits per heavy atom. The minimum atomic E-state index is -4.71. The average molecular weight is 433 g/mol. The number of hydrogen-bond donors (Lipinski definition) is 2. The first-order valence-corrected chi connectivity index (χ1v) is 9.30. The fourth-order valence-corrected chi connectivity index (χ4v) is 2.62. The molecule has 162 valence electrons. The van der Waals surface area contributed by atoms with Crippen LogP contribution in [-0.4, -0.2) is 36.8 Å². The summed E-state index contributed by atoms with van der Waals surface area (Å²) in [5.41, 5.74) is 3.46. The Labute approximate surface area is 174 Å². The van der Waals surface area contributed by atoms with Crippen molar-refractivity contribution in [3.63, 3.8) is 0 Å². The van der Waals surface area contributed by atoms with E-state index in [9.17, 15) is 22.8 Å². The highest BCUT2D eigenvalue weighted by atomic mass is 19.4. The van der Waals surface area contributed by atoms with Crippen LogP contribution < -0.4 is 10.9 Å². The summed E-state index contributed by atoms with van der Waals surface area (Å²) in [6, 6.07) is 4.22. The van der Waals surface area contributed by atoms with Crippen LogP contribution in [0.15, 0.2) is 42.9 Å². The minimum absolute atomic E-state index is 0.292. The summed E-state index contributed by atoms with van der Waals surface area (Å²) in [5.74, 6) is -2.31. The third-order valence-electron chi connectivity index (χ3n) is 4.20. The number of amides is 2. The predicted octanol–water partition coefficient (Wildman–Crippen LogP) is 2.49. The Balaban J connectivity index is 1.63. The molecule has 0 saturated heterocycles. The van der Waals surface area contributed by atoms with E-state index in [-0.39, 0.29) is 5.82 Å². The summed E-state index contributed by atoms with van der Waals surface area (Å²) in [6.07, 6.45) is 2.48. The largest absolute Gasteiger partial charge is 0.417 e. The molecule has 0 bridgehead atoms. The second-order valence-electron chi connectivity index (χ2n) is 6.47. The van der Waals surface area contributed by atoms with Crippen molar-refractivity contribution in [3.05, 3.63) is 65.5 Å². The van der Waals surface area contributed by atoms with Gasteiger partial charge in [-0.05, 0) is 25.0 Å². The van der Waals surface area contributed by atoms with E-state index in [2.05, 4.69) is 27.2 Å². The molecule has 0 aliphatic rings. The predicted molar refractivity (Wildman–Crippen MR) is 102 cm³/mol. The number of alkyl halides is 3. The quantitative estimate of drug-likeness (QED) is 0.578. The zero-order valence-electron chi connectivity index (χ0n) is 16.3. The molecule has 3 aromatic rings. The number of unbranched alkanes of at least 4 members (excludes halogenated alkanes) is 1. The van der Waals surface area contributed by atoms with E-state index in [4.69, 9.17) is 0 Å². The molecule has 0 atom stereocenters. The molecular weight excluding hydrogens is 415 g/mol. The number of carbonyl (C=O) groups is 2. The van der Waals surface area contributed by atoms with Gasteiger partial charge >= 0.3 is 12.1 Å². The van der Waals surface area contributed by atoms with Gasteiger partial charge in [-0.2, -0.15) is 13.2 Å². The first-order chi connectivity index (χ1) is 14.8. The van der Waals surface area contributed by atoms with Crippen molar-refractivity contribution in [2.45, 2.75) is 32.4 Å². The van der Waals surface area contributed by atoms with E-state index in [1.54, 1.807) is 6.20 Å². The Kier molecular flexibility index (Phi) is 6.58. The molecule has 0 fully saturated rings. The van der Waals surface area contributed by atoms with Crippen molar-refractivity contribution < 1.29 is 22.8 Å². The maximum atomic E-state index is 13.0. The Hall–Kier alpha value is -3.83. The molecule has 0 aliphatic heterocycles. The van der Waals surface area contributed by atoms with Crippen LogP contribution in [0.3, 0.4) is 0 Å². The van der Waals surface area contributed by atoms with Crippen molar-refractivity contribution in [2.24, 2.45) is 0 Å². The smallest absolute Gasteiger partial charge is 0.267 e. The van der Waals surface area contributed by atoms with Gasteiger partial charge in [0.1, 0.15) is 5.69 Å². The van der Waals surface area contributed by atoms with Crippen LogP contribution in [0, 0.1) is 0 Å². The van der Waals surface area contributed by atoms with Crippen LogP contribution in [0.1, 0.15) is 52.0 Å². The Morgan fingerprint density at radius 1 is 1.06 bits per heavy atom. The van der Waals surface area contributed by atoms with Crippen molar-refractivity contribution in [1.82, 2.24) is 35.8 Å². The van der Waals surface area contributed by atoms with Gasteiger partial charge in [0.15, 0.2) is 0 Å². The highest BCUT2D eigenvalue weighted by Gasteiger charge is 2.34. The van der Waals surface area contributed by atoms with E-state index in [1.165, 1.54) is 23.1 Å². The zero-order chi connectivity index (χ0) is 22.4. The number of halogens is 3. The molecule has 0 saturated carbocycles. The third kappa shape index (κ3) is 5.41. The topological polar surface area (TPSA) is 115 Å². The standard InChI is InChI=1S/C19H18F3N7O2/c1-2-3-6-12-11-29(28-25-12)13-9-23-16(24-10-13)18(31)27-26-17(30)14-7-4-5-8-15(14)19(20,21)22/h4-5,7-11H,2-3,6H2,1H3,(H,26,30)(H,27,31). The van der Waals surface area contributed by atoms with Gasteiger partial charge in [0, 0.05) is 0 Å². The highest BCUT2D eigenvalue weighted by Crippen LogP contribution is 2.31. The Bertz CT molecular complexity index is 1060. The normalized spacial score (nSPS) is 11.2. The highest BCUT2D eigenvalue weighted by molar-refractivity contribution is 5.98. The summed E-state index contributed by atoms with van der Waals surface area (Å²) >= 11 is 0. The first kappa shape index (κ1) is 21.9. The summed E-state index contributed by atoms with van der Waals surface area (Å²) in [5, 5.41) is 8.01. The van der Waals surface area contributed by atoms with Crippen molar-refractivity contribution in [2.75, 3.05) is 0 Å². The lowest BCUT2D eigenvalue weighted by atomic mass is 10.1. The molecule has 3 rings (SSSR count). The second-order valence-corrected chi connectivity index (χ2v) is 6.47. The molecule has 0 unspecified atom stereocenters. The number of benzene rings is 1. The van der Waals surface area contributed by atoms with Crippen molar-refractivity contribution in [1.29, 1.82) is 0 Å². The molecule has 12 heteroatoms. The number of aromatic nitrogens is 5. The molecule has 2 heterocycles. The van der Waals surface area contributed by atoms with Gasteiger partial charge in [-0.15, -0.1) is 5.10 Å². The molecule has 2 amide bonds. The van der Waals surface area contributed by atoms with Gasteiger partial charge < -0.3 is 0 Å². The van der Waals surface area contributed by atoms with Crippen LogP contribution in [0.2, 0.25) is 0 Å². The van der Waals surface area contributed by atoms with E-state index >= 15 is 0 Å². The molecular formula is C19H18F3N7O2. The number of nitrogens with one attached hydrogen (secondary N) is 2. The monoisotopic (exact) mass is 433 g/mol. The zero-order valence-corrected chi connectivity index (χ0v) is 16.3. The maximum absolute atomic E-state index is 13.0. The van der Waals surface area contributed by atoms with E-state index in [0.717, 1.165) is 43.2 Å². The molecule has 31 heavy (non-hydrogen) atoms. The SMILES string of the molecule is CCCCc1cn(-c2cnc(C(=O)NNC(=O)c3ccccc3C(F)(F)F)nc2)nn1. The van der Waals surface area contributed by atoms with Crippen LogP contribution in [0.4, 0.5) is 13.2 Å². The average Bonchev–Trinajstić information content (AvgIpc) is 3.24. The number of aryl methyl sites for hydroxylation is 1. The lowest BCUT2D eigenvalue weighted by Crippen LogP contribution is -2.42. The molecule has 0 radical (unpaired) electrons. The maximum Gasteiger partial charge on any atom is 0.417 e. The number of carbonyl (C=O) groups excluding carboxylic acids is 2. The lowest BCUT2D eigenvalue weighted by Gasteiger charge is -2.12. The molecule has 0 aliphatic carbocycles. The van der Waals surface area contributed by atoms with Gasteiger partial charge in [-0.25, -0.2) is 14.6 Å². The summed E-state index contributed by atoms with van der Waals surface area (Å²) < 4.78 is 40.5. The summed E-state index contributed by atoms with van der Waals surface area (Å²) in [6.45, 7) is 2.07. The van der Waals surface area contributed by atoms with Gasteiger partial charge in [-0.3, -0.25) is 20.4 Å². The fraction of sp³-hybridized carbons (Fsp3) is 0.263. The van der Waals surface area contributed by atoms with E-state index in [1.807, 2.05) is 10.9 Å². The van der Waals surface area contributed by atoms with Crippen LogP contribution in [0.25, 0.3) is 5.69 Å². The summed E-state index contributed by atoms with van der Waals surface area (Å²) in [4.78, 5) is 32.0. The number of hydrazine groups is 1. The Morgan fingerprint density at radius 2 is 1.74 bits per heavy atom. The number of nitrogens with zero attached hydrogens (tertiary/aromatic N) is 5. The van der Waals surface area contributed by atoms with Gasteiger partial charge in [0.2, 0.25) is 5.82 Å². The lowest BCUT2D eigenvalue weighted by molar-refractivity contribution is -0.137. The van der Waals surface area contributed by atoms with Crippen molar-refractivity contribution >= 4 is 11.8 Å². The van der Waals surface area contributed by atoms with Crippen LogP contribution in [0.5, 0.6) is 0 Å². The molecule has 9 nitrogen and oxygen atoms in total. The molecule has 0 spiro atoms. The van der Waals surface area contributed by atoms with Gasteiger partial charge in [0.05, 0.1) is 35.4 Å². The minimum Gasteiger partial charge on any atom is -0.267 e. The second kappa shape index (κ2) is 9.32. The van der Waals surface area contributed by atoms with Crippen LogP contribution in [-0.2, 0) is 12.6 Å². The number of rotatable bonds is 6. The first-order valence-electron chi connectivity index (χ1n) is 9.30. The third-order valence-corrected chi connectivity index (χ3v) is 4.20. The van der Waals surface area contributed by atoms with Gasteiger partial charge in [0.25, 0.3) is 5.91 Å². The van der Waals surface area contributed by atoms with E-state index in [0.29, 0.717) is 5.69 Å².